The summed E-state index contributed by atoms with van der Waals surface area (Å²) in [5, 5.41) is 3.60. The molecule has 4 rings (SSSR count). The highest BCUT2D eigenvalue weighted by molar-refractivity contribution is 5.76. The van der Waals surface area contributed by atoms with Crippen LogP contribution < -0.4 is 5.32 Å². The molecule has 28 heavy (non-hydrogen) atoms. The van der Waals surface area contributed by atoms with Gasteiger partial charge in [-0.05, 0) is 54.3 Å². The molecule has 0 fully saturated rings. The van der Waals surface area contributed by atoms with Gasteiger partial charge in [-0.2, -0.15) is 0 Å². The normalized spacial score (nSPS) is 22.0. The molecule has 3 unspecified atom stereocenters. The van der Waals surface area contributed by atoms with Crippen molar-refractivity contribution in [2.45, 2.75) is 18.9 Å². The van der Waals surface area contributed by atoms with Gasteiger partial charge < -0.3 is 10.1 Å². The Morgan fingerprint density at radius 2 is 2.00 bits per heavy atom. The van der Waals surface area contributed by atoms with E-state index in [0.717, 1.165) is 24.9 Å². The summed E-state index contributed by atoms with van der Waals surface area (Å²) in [5.74, 6) is 5.79. The average molecular weight is 375 g/mol. The topological polar surface area (TPSA) is 38.3 Å². The summed E-state index contributed by atoms with van der Waals surface area (Å²) in [4.78, 5) is 11.7. The minimum atomic E-state index is -0.273. The number of hydrogen-bond donors (Lipinski definition) is 1. The maximum absolute atomic E-state index is 13.3. The largest absolute Gasteiger partial charge is 0.469 e. The highest BCUT2D eigenvalue weighted by Gasteiger charge is 2.32. The average Bonchev–Trinajstić information content (AvgIpc) is 3.08. The van der Waals surface area contributed by atoms with Gasteiger partial charge in [0.1, 0.15) is 5.82 Å². The predicted octanol–water partition coefficient (Wildman–Crippen LogP) is 3.78. The Kier molecular flexibility index (Phi) is 5.27. The molecule has 0 aliphatic heterocycles. The van der Waals surface area contributed by atoms with Gasteiger partial charge in [0.05, 0.1) is 13.0 Å². The van der Waals surface area contributed by atoms with Crippen LogP contribution in [0.5, 0.6) is 0 Å². The van der Waals surface area contributed by atoms with Crippen molar-refractivity contribution in [3.8, 4) is 11.8 Å². The molecule has 0 radical (unpaired) electrons. The number of hydrogen-bond acceptors (Lipinski definition) is 3. The molecule has 2 aromatic rings. The van der Waals surface area contributed by atoms with Crippen molar-refractivity contribution in [3.05, 3.63) is 82.7 Å². The molecule has 2 aliphatic carbocycles. The van der Waals surface area contributed by atoms with Crippen LogP contribution in [0.4, 0.5) is 4.39 Å². The molecular formula is C24H22FNO2. The molecule has 0 saturated carbocycles. The van der Waals surface area contributed by atoms with Crippen molar-refractivity contribution in [1.29, 1.82) is 0 Å². The second-order valence-corrected chi connectivity index (χ2v) is 7.27. The number of methoxy groups -OCH3 is 1. The summed E-state index contributed by atoms with van der Waals surface area (Å²) in [7, 11) is 1.43. The fraction of sp³-hybridized carbons (Fsp3) is 0.292. The van der Waals surface area contributed by atoms with E-state index in [9.17, 15) is 9.18 Å². The molecule has 0 heterocycles. The Bertz CT molecular complexity index is 986. The van der Waals surface area contributed by atoms with Crippen LogP contribution >= 0.6 is 0 Å². The van der Waals surface area contributed by atoms with Crippen LogP contribution in [0.3, 0.4) is 0 Å². The smallest absolute Gasteiger partial charge is 0.313 e. The quantitative estimate of drug-likeness (QED) is 0.502. The van der Waals surface area contributed by atoms with E-state index in [4.69, 9.17) is 4.74 Å². The lowest BCUT2D eigenvalue weighted by atomic mass is 9.82. The molecule has 0 aromatic heterocycles. The monoisotopic (exact) mass is 375 g/mol. The summed E-state index contributed by atoms with van der Waals surface area (Å²) >= 11 is 0. The third-order valence-electron chi connectivity index (χ3n) is 5.50. The summed E-state index contributed by atoms with van der Waals surface area (Å²) < 4.78 is 18.1. The number of esters is 1. The first-order valence-electron chi connectivity index (χ1n) is 9.54. The summed E-state index contributed by atoms with van der Waals surface area (Å²) in [5.41, 5.74) is 4.22. The van der Waals surface area contributed by atoms with E-state index < -0.39 is 0 Å². The van der Waals surface area contributed by atoms with E-state index in [1.165, 1.54) is 30.4 Å². The predicted molar refractivity (Wildman–Crippen MR) is 106 cm³/mol. The van der Waals surface area contributed by atoms with Crippen molar-refractivity contribution in [1.82, 2.24) is 5.32 Å². The zero-order valence-electron chi connectivity index (χ0n) is 15.7. The van der Waals surface area contributed by atoms with Gasteiger partial charge in [-0.1, -0.05) is 36.1 Å². The summed E-state index contributed by atoms with van der Waals surface area (Å²) in [6.45, 7) is 0.765. The minimum Gasteiger partial charge on any atom is -0.469 e. The second kappa shape index (κ2) is 8.00. The number of aryl methyl sites for hydroxylation is 1. The van der Waals surface area contributed by atoms with Gasteiger partial charge in [0, 0.05) is 29.6 Å². The van der Waals surface area contributed by atoms with Crippen LogP contribution in [0.25, 0.3) is 0 Å². The zero-order chi connectivity index (χ0) is 19.5. The molecular weight excluding hydrogens is 353 g/mol. The van der Waals surface area contributed by atoms with Gasteiger partial charge in [0.25, 0.3) is 0 Å². The summed E-state index contributed by atoms with van der Waals surface area (Å²) in [6.07, 6.45) is 6.01. The van der Waals surface area contributed by atoms with E-state index in [0.29, 0.717) is 11.6 Å². The van der Waals surface area contributed by atoms with Crippen molar-refractivity contribution in [2.75, 3.05) is 13.7 Å². The third-order valence-corrected chi connectivity index (χ3v) is 5.50. The molecule has 142 valence electrons. The number of rotatable bonds is 4. The molecule has 0 amide bonds. The van der Waals surface area contributed by atoms with E-state index in [2.05, 4.69) is 35.4 Å². The minimum absolute atomic E-state index is 0.126. The van der Waals surface area contributed by atoms with Gasteiger partial charge in [-0.3, -0.25) is 4.79 Å². The van der Waals surface area contributed by atoms with Crippen LogP contribution in [0, 0.1) is 29.5 Å². The molecule has 0 bridgehead atoms. The Morgan fingerprint density at radius 1 is 1.18 bits per heavy atom. The number of carbonyl (C=O) groups excluding carboxylic acids is 1. The SMILES string of the molecule is COC(=O)C1C=CC1CNC1CCc2cc(C#Cc3cccc(F)c3)ccc21. The number of carbonyl (C=O) groups is 1. The Labute approximate surface area is 164 Å². The number of fused-ring (bicyclic) bond motifs is 1. The fourth-order valence-corrected chi connectivity index (χ4v) is 3.86. The number of ether oxygens (including phenoxy) is 1. The molecule has 1 N–H and O–H groups in total. The van der Waals surface area contributed by atoms with Crippen LogP contribution in [0.2, 0.25) is 0 Å². The third kappa shape index (κ3) is 3.85. The number of nitrogens with one attached hydrogen (secondary N) is 1. The van der Waals surface area contributed by atoms with Crippen molar-refractivity contribution in [2.24, 2.45) is 11.8 Å². The van der Waals surface area contributed by atoms with Crippen LogP contribution in [-0.4, -0.2) is 19.6 Å². The van der Waals surface area contributed by atoms with Gasteiger partial charge in [-0.15, -0.1) is 0 Å². The first-order chi connectivity index (χ1) is 13.6. The fourth-order valence-electron chi connectivity index (χ4n) is 3.86. The van der Waals surface area contributed by atoms with Gasteiger partial charge >= 0.3 is 5.97 Å². The van der Waals surface area contributed by atoms with Gasteiger partial charge in [-0.25, -0.2) is 4.39 Å². The van der Waals surface area contributed by atoms with Crippen molar-refractivity contribution in [3.63, 3.8) is 0 Å². The van der Waals surface area contributed by atoms with Crippen LogP contribution in [-0.2, 0) is 16.0 Å². The summed E-state index contributed by atoms with van der Waals surface area (Å²) in [6, 6.07) is 12.9. The van der Waals surface area contributed by atoms with Crippen LogP contribution in [0.1, 0.15) is 34.7 Å². The van der Waals surface area contributed by atoms with E-state index >= 15 is 0 Å². The second-order valence-electron chi connectivity index (χ2n) is 7.27. The Morgan fingerprint density at radius 3 is 2.71 bits per heavy atom. The lowest BCUT2D eigenvalue weighted by Crippen LogP contribution is -2.36. The maximum Gasteiger partial charge on any atom is 0.313 e. The molecule has 0 spiro atoms. The number of benzene rings is 2. The molecule has 2 aromatic carbocycles. The van der Waals surface area contributed by atoms with E-state index in [-0.39, 0.29) is 23.6 Å². The van der Waals surface area contributed by atoms with E-state index in [1.807, 2.05) is 12.1 Å². The number of halogens is 1. The molecule has 3 nitrogen and oxygen atoms in total. The molecule has 3 atom stereocenters. The van der Waals surface area contributed by atoms with Crippen molar-refractivity contribution >= 4 is 5.97 Å². The van der Waals surface area contributed by atoms with Crippen molar-refractivity contribution < 1.29 is 13.9 Å². The van der Waals surface area contributed by atoms with Gasteiger partial charge in [0.2, 0.25) is 0 Å². The van der Waals surface area contributed by atoms with Crippen LogP contribution in [0.15, 0.2) is 54.6 Å². The molecule has 2 aliphatic rings. The van der Waals surface area contributed by atoms with E-state index in [1.54, 1.807) is 12.1 Å². The lowest BCUT2D eigenvalue weighted by molar-refractivity contribution is -0.145. The molecule has 0 saturated heterocycles. The first-order valence-corrected chi connectivity index (χ1v) is 9.54. The van der Waals surface area contributed by atoms with Gasteiger partial charge in [0.15, 0.2) is 0 Å². The Balaban J connectivity index is 1.40. The lowest BCUT2D eigenvalue weighted by Gasteiger charge is -2.28. The zero-order valence-corrected chi connectivity index (χ0v) is 15.7. The first kappa shape index (κ1) is 18.5. The maximum atomic E-state index is 13.3. The Hall–Kier alpha value is -2.90. The highest BCUT2D eigenvalue weighted by atomic mass is 19.1. The highest BCUT2D eigenvalue weighted by Crippen LogP contribution is 2.33. The standard InChI is InChI=1S/C24H22FNO2/c1-28-24(27)22-11-8-19(22)15-26-23-12-9-18-13-17(7-10-21(18)23)6-5-16-3-2-4-20(25)14-16/h2-4,7-8,10-11,13-14,19,22-23,26H,9,12,15H2,1H3. The molecule has 4 heteroatoms.